The highest BCUT2D eigenvalue weighted by molar-refractivity contribution is 6.37. The number of nitrogens with one attached hydrogen (secondary N) is 1. The van der Waals surface area contributed by atoms with Gasteiger partial charge in [0, 0.05) is 12.1 Å². The van der Waals surface area contributed by atoms with Crippen LogP contribution in [0.25, 0.3) is 0 Å². The first-order valence-corrected chi connectivity index (χ1v) is 8.86. The van der Waals surface area contributed by atoms with Crippen molar-refractivity contribution in [3.63, 3.8) is 0 Å². The Hall–Kier alpha value is -2.11. The van der Waals surface area contributed by atoms with Crippen molar-refractivity contribution in [3.8, 4) is 17.2 Å². The quantitative estimate of drug-likeness (QED) is 0.717. The number of methoxy groups -OCH3 is 2. The smallest absolute Gasteiger partial charge is 0.251 e. The third-order valence-electron chi connectivity index (χ3n) is 3.70. The molecule has 0 aromatic heterocycles. The van der Waals surface area contributed by atoms with Crippen molar-refractivity contribution in [1.82, 2.24) is 5.32 Å². The predicted octanol–water partition coefficient (Wildman–Crippen LogP) is 4.38. The standard InChI is InChI=1S/C19H21Cl2NO4/c1-4-26-18-14(20)10-13(11-15(18)21)19(23)22-8-7-12-5-6-16(24-2)17(9-12)25-3/h5-6,9-11H,4,7-8H2,1-3H3,(H,22,23). The molecule has 2 aromatic rings. The van der Waals surface area contributed by atoms with E-state index in [0.717, 1.165) is 5.56 Å². The lowest BCUT2D eigenvalue weighted by molar-refractivity contribution is 0.0954. The summed E-state index contributed by atoms with van der Waals surface area (Å²) in [5.41, 5.74) is 1.40. The second-order valence-electron chi connectivity index (χ2n) is 5.40. The Morgan fingerprint density at radius 2 is 1.69 bits per heavy atom. The average molecular weight is 398 g/mol. The third-order valence-corrected chi connectivity index (χ3v) is 4.26. The summed E-state index contributed by atoms with van der Waals surface area (Å²) in [6, 6.07) is 8.74. The number of carbonyl (C=O) groups excluding carboxylic acids is 1. The summed E-state index contributed by atoms with van der Waals surface area (Å²) in [5, 5.41) is 3.47. The largest absolute Gasteiger partial charge is 0.493 e. The van der Waals surface area contributed by atoms with Crippen LogP contribution in [0.15, 0.2) is 30.3 Å². The van der Waals surface area contributed by atoms with Crippen LogP contribution < -0.4 is 19.5 Å². The molecule has 140 valence electrons. The lowest BCUT2D eigenvalue weighted by atomic mass is 10.1. The van der Waals surface area contributed by atoms with Gasteiger partial charge in [0.1, 0.15) is 0 Å². The van der Waals surface area contributed by atoms with Crippen molar-refractivity contribution in [2.24, 2.45) is 0 Å². The molecule has 0 aliphatic heterocycles. The van der Waals surface area contributed by atoms with Crippen LogP contribution in [0.1, 0.15) is 22.8 Å². The minimum atomic E-state index is -0.252. The first-order valence-electron chi connectivity index (χ1n) is 8.11. The number of halogens is 2. The van der Waals surface area contributed by atoms with Crippen LogP contribution in [-0.4, -0.2) is 33.3 Å². The fourth-order valence-corrected chi connectivity index (χ4v) is 3.03. The van der Waals surface area contributed by atoms with Gasteiger partial charge in [-0.3, -0.25) is 4.79 Å². The Labute approximate surface area is 163 Å². The van der Waals surface area contributed by atoms with Gasteiger partial charge >= 0.3 is 0 Å². The van der Waals surface area contributed by atoms with E-state index in [1.54, 1.807) is 26.4 Å². The fraction of sp³-hybridized carbons (Fsp3) is 0.316. The summed E-state index contributed by atoms with van der Waals surface area (Å²) >= 11 is 12.3. The van der Waals surface area contributed by atoms with E-state index in [1.807, 2.05) is 25.1 Å². The Kier molecular flexibility index (Phi) is 7.42. The number of rotatable bonds is 8. The second kappa shape index (κ2) is 9.55. The van der Waals surface area contributed by atoms with Crippen molar-refractivity contribution >= 4 is 29.1 Å². The van der Waals surface area contributed by atoms with Crippen LogP contribution in [0.2, 0.25) is 10.0 Å². The van der Waals surface area contributed by atoms with Crippen LogP contribution >= 0.6 is 23.2 Å². The highest BCUT2D eigenvalue weighted by Crippen LogP contribution is 2.34. The summed E-state index contributed by atoms with van der Waals surface area (Å²) in [5.74, 6) is 1.45. The van der Waals surface area contributed by atoms with Gasteiger partial charge in [-0.1, -0.05) is 29.3 Å². The summed E-state index contributed by atoms with van der Waals surface area (Å²) in [6.07, 6.45) is 0.643. The van der Waals surface area contributed by atoms with E-state index in [-0.39, 0.29) is 5.91 Å². The van der Waals surface area contributed by atoms with Gasteiger partial charge in [0.25, 0.3) is 5.91 Å². The van der Waals surface area contributed by atoms with E-state index in [2.05, 4.69) is 5.32 Å². The maximum Gasteiger partial charge on any atom is 0.251 e. The Balaban J connectivity index is 1.99. The minimum Gasteiger partial charge on any atom is -0.493 e. The molecule has 0 fully saturated rings. The van der Waals surface area contributed by atoms with Crippen LogP contribution in [-0.2, 0) is 6.42 Å². The van der Waals surface area contributed by atoms with Gasteiger partial charge < -0.3 is 19.5 Å². The molecule has 2 rings (SSSR count). The first kappa shape index (κ1) is 20.2. The van der Waals surface area contributed by atoms with Crippen molar-refractivity contribution in [2.75, 3.05) is 27.4 Å². The summed E-state index contributed by atoms with van der Waals surface area (Å²) in [7, 11) is 3.17. The van der Waals surface area contributed by atoms with Gasteiger partial charge in [0.2, 0.25) is 0 Å². The van der Waals surface area contributed by atoms with E-state index in [9.17, 15) is 4.79 Å². The molecular formula is C19H21Cl2NO4. The van der Waals surface area contributed by atoms with Crippen LogP contribution in [0.3, 0.4) is 0 Å². The maximum atomic E-state index is 12.3. The zero-order valence-electron chi connectivity index (χ0n) is 14.9. The maximum absolute atomic E-state index is 12.3. The summed E-state index contributed by atoms with van der Waals surface area (Å²) in [4.78, 5) is 12.3. The number of benzene rings is 2. The number of ether oxygens (including phenoxy) is 3. The summed E-state index contributed by atoms with van der Waals surface area (Å²) < 4.78 is 15.9. The second-order valence-corrected chi connectivity index (χ2v) is 6.21. The highest BCUT2D eigenvalue weighted by Gasteiger charge is 2.14. The fourth-order valence-electron chi connectivity index (χ4n) is 2.43. The van der Waals surface area contributed by atoms with Gasteiger partial charge in [0.05, 0.1) is 30.9 Å². The number of hydrogen-bond donors (Lipinski definition) is 1. The molecule has 2 aromatic carbocycles. The van der Waals surface area contributed by atoms with Crippen LogP contribution in [0.5, 0.6) is 17.2 Å². The molecule has 5 nitrogen and oxygen atoms in total. The van der Waals surface area contributed by atoms with Gasteiger partial charge in [-0.2, -0.15) is 0 Å². The Bertz CT molecular complexity index is 757. The topological polar surface area (TPSA) is 56.8 Å². The molecule has 1 amide bonds. The van der Waals surface area contributed by atoms with Crippen molar-refractivity contribution < 1.29 is 19.0 Å². The highest BCUT2D eigenvalue weighted by atomic mass is 35.5. The van der Waals surface area contributed by atoms with Crippen molar-refractivity contribution in [1.29, 1.82) is 0 Å². The van der Waals surface area contributed by atoms with E-state index in [4.69, 9.17) is 37.4 Å². The monoisotopic (exact) mass is 397 g/mol. The predicted molar refractivity (Wildman–Crippen MR) is 103 cm³/mol. The van der Waals surface area contributed by atoms with Crippen molar-refractivity contribution in [2.45, 2.75) is 13.3 Å². The van der Waals surface area contributed by atoms with Crippen molar-refractivity contribution in [3.05, 3.63) is 51.5 Å². The van der Waals surface area contributed by atoms with Gasteiger partial charge in [-0.15, -0.1) is 0 Å². The van der Waals surface area contributed by atoms with Crippen LogP contribution in [0.4, 0.5) is 0 Å². The van der Waals surface area contributed by atoms with E-state index < -0.39 is 0 Å². The normalized spacial score (nSPS) is 10.3. The van der Waals surface area contributed by atoms with Crippen LogP contribution in [0, 0.1) is 0 Å². The zero-order valence-corrected chi connectivity index (χ0v) is 16.4. The first-order chi connectivity index (χ1) is 12.5. The molecule has 0 atom stereocenters. The van der Waals surface area contributed by atoms with E-state index in [1.165, 1.54) is 0 Å². The number of amides is 1. The Morgan fingerprint density at radius 3 is 2.27 bits per heavy atom. The lowest BCUT2D eigenvalue weighted by Crippen LogP contribution is -2.25. The lowest BCUT2D eigenvalue weighted by Gasteiger charge is -2.12. The molecule has 0 saturated carbocycles. The van der Waals surface area contributed by atoms with E-state index in [0.29, 0.717) is 52.4 Å². The van der Waals surface area contributed by atoms with Gasteiger partial charge in [-0.05, 0) is 43.2 Å². The number of carbonyl (C=O) groups is 1. The SMILES string of the molecule is CCOc1c(Cl)cc(C(=O)NCCc2ccc(OC)c(OC)c2)cc1Cl. The van der Waals surface area contributed by atoms with Gasteiger partial charge in [0.15, 0.2) is 17.2 Å². The molecule has 0 aliphatic rings. The molecule has 0 unspecified atom stereocenters. The molecule has 0 aliphatic carbocycles. The third kappa shape index (κ3) is 4.96. The molecule has 0 saturated heterocycles. The molecular weight excluding hydrogens is 377 g/mol. The van der Waals surface area contributed by atoms with Gasteiger partial charge in [-0.25, -0.2) is 0 Å². The molecule has 0 radical (unpaired) electrons. The summed E-state index contributed by atoms with van der Waals surface area (Å²) in [6.45, 7) is 2.73. The zero-order chi connectivity index (χ0) is 19.1. The molecule has 0 heterocycles. The molecule has 0 bridgehead atoms. The number of hydrogen-bond acceptors (Lipinski definition) is 4. The molecule has 7 heteroatoms. The molecule has 0 spiro atoms. The van der Waals surface area contributed by atoms with E-state index >= 15 is 0 Å². The average Bonchev–Trinajstić information content (AvgIpc) is 2.64. The Morgan fingerprint density at radius 1 is 1.04 bits per heavy atom. The molecule has 1 N–H and O–H groups in total. The minimum absolute atomic E-state index is 0.252. The molecule has 26 heavy (non-hydrogen) atoms.